The van der Waals surface area contributed by atoms with Gasteiger partial charge < -0.3 is 25.1 Å². The summed E-state index contributed by atoms with van der Waals surface area (Å²) >= 11 is 1.74. The number of carboxylic acids is 2. The Morgan fingerprint density at radius 3 is 2.43 bits per heavy atom. The molecule has 0 bridgehead atoms. The van der Waals surface area contributed by atoms with E-state index >= 15 is 0 Å². The molecule has 4 N–H and O–H groups in total. The van der Waals surface area contributed by atoms with Crippen molar-refractivity contribution in [2.45, 2.75) is 50.7 Å². The summed E-state index contributed by atoms with van der Waals surface area (Å²) in [5.41, 5.74) is 0. The van der Waals surface area contributed by atoms with E-state index in [4.69, 9.17) is 19.8 Å². The van der Waals surface area contributed by atoms with Crippen LogP contribution in [0.3, 0.4) is 0 Å². The number of H-pyrrole nitrogens is 1. The summed E-state index contributed by atoms with van der Waals surface area (Å²) in [5.74, 6) is 1.91. The Morgan fingerprint density at radius 1 is 1.27 bits per heavy atom. The van der Waals surface area contributed by atoms with Crippen LogP contribution in [-0.4, -0.2) is 65.7 Å². The van der Waals surface area contributed by atoms with Crippen molar-refractivity contribution in [3.8, 4) is 0 Å². The minimum atomic E-state index is -0.833. The second kappa shape index (κ2) is 14.3. The quantitative estimate of drug-likeness (QED) is 0.377. The van der Waals surface area contributed by atoms with Crippen LogP contribution in [0.2, 0.25) is 0 Å². The van der Waals surface area contributed by atoms with E-state index < -0.39 is 11.9 Å². The second-order valence-corrected chi connectivity index (χ2v) is 7.50. The molecule has 11 heteroatoms. The van der Waals surface area contributed by atoms with Crippen molar-refractivity contribution < 1.29 is 19.8 Å². The van der Waals surface area contributed by atoms with Crippen molar-refractivity contribution >= 4 is 23.7 Å². The molecule has 0 aromatic carbocycles. The number of aliphatic carboxylic acids is 2. The lowest BCUT2D eigenvalue weighted by atomic mass is 9.97. The highest BCUT2D eigenvalue weighted by Crippen LogP contribution is 2.27. The number of carboxylic acid groups (broad SMARTS) is 2. The smallest absolute Gasteiger partial charge is 0.300 e. The molecule has 0 amide bonds. The van der Waals surface area contributed by atoms with Crippen molar-refractivity contribution in [2.24, 2.45) is 0 Å². The Labute approximate surface area is 180 Å². The lowest BCUT2D eigenvalue weighted by molar-refractivity contribution is -0.135. The first-order chi connectivity index (χ1) is 14.3. The lowest BCUT2D eigenvalue weighted by Crippen LogP contribution is -2.28. The van der Waals surface area contributed by atoms with E-state index in [0.717, 1.165) is 75.3 Å². The molecule has 10 nitrogen and oxygen atoms in total. The van der Waals surface area contributed by atoms with Gasteiger partial charge >= 0.3 is 0 Å². The maximum atomic E-state index is 9.00. The predicted octanol–water partition coefficient (Wildman–Crippen LogP) is 2.17. The first kappa shape index (κ1) is 25.4. The van der Waals surface area contributed by atoms with Crippen LogP contribution in [0.25, 0.3) is 0 Å². The van der Waals surface area contributed by atoms with Crippen LogP contribution >= 0.6 is 11.8 Å². The van der Waals surface area contributed by atoms with Crippen molar-refractivity contribution in [2.75, 3.05) is 18.8 Å². The maximum absolute atomic E-state index is 9.00. The number of hydrogen-bond acceptors (Lipinski definition) is 7. The van der Waals surface area contributed by atoms with Gasteiger partial charge in [-0.25, -0.2) is 4.98 Å². The number of aromatic nitrogens is 5. The van der Waals surface area contributed by atoms with Crippen molar-refractivity contribution in [3.63, 3.8) is 0 Å². The van der Waals surface area contributed by atoms with Gasteiger partial charge in [-0.1, -0.05) is 17.8 Å². The largest absolute Gasteiger partial charge is 0.481 e. The topological polar surface area (TPSA) is 146 Å². The van der Waals surface area contributed by atoms with Crippen LogP contribution < -0.4 is 5.32 Å². The molecule has 0 spiro atoms. The zero-order valence-corrected chi connectivity index (χ0v) is 18.2. The number of imidazole rings is 1. The molecular formula is C19H30N6O4S. The fourth-order valence-corrected chi connectivity index (χ4v) is 3.66. The Hall–Kier alpha value is -2.66. The van der Waals surface area contributed by atoms with Crippen molar-refractivity contribution in [3.05, 3.63) is 36.7 Å². The summed E-state index contributed by atoms with van der Waals surface area (Å²) in [4.78, 5) is 25.4. The number of aromatic amines is 1. The highest BCUT2D eigenvalue weighted by Gasteiger charge is 2.22. The number of carbonyl (C=O) groups is 2. The number of nitrogens with one attached hydrogen (secondary N) is 2. The number of piperidine rings is 1. The summed E-state index contributed by atoms with van der Waals surface area (Å²) < 4.78 is 2.22. The molecule has 3 rings (SSSR count). The van der Waals surface area contributed by atoms with E-state index in [1.807, 2.05) is 12.3 Å². The Morgan fingerprint density at radius 2 is 1.90 bits per heavy atom. The van der Waals surface area contributed by atoms with Crippen LogP contribution in [0.5, 0.6) is 0 Å². The van der Waals surface area contributed by atoms with Gasteiger partial charge in [0.25, 0.3) is 11.9 Å². The van der Waals surface area contributed by atoms with Crippen LogP contribution in [0.1, 0.15) is 44.3 Å². The van der Waals surface area contributed by atoms with Crippen molar-refractivity contribution in [1.82, 2.24) is 30.0 Å². The van der Waals surface area contributed by atoms with Gasteiger partial charge in [0.1, 0.15) is 11.6 Å². The Bertz CT molecular complexity index is 752. The highest BCUT2D eigenvalue weighted by atomic mass is 32.2. The Kier molecular flexibility index (Phi) is 12.1. The van der Waals surface area contributed by atoms with Gasteiger partial charge in [-0.3, -0.25) is 9.59 Å². The molecule has 1 aliphatic rings. The van der Waals surface area contributed by atoms with Gasteiger partial charge in [0.05, 0.1) is 0 Å². The summed E-state index contributed by atoms with van der Waals surface area (Å²) in [6.45, 7) is 8.93. The van der Waals surface area contributed by atoms with E-state index in [2.05, 4.69) is 36.6 Å². The number of aryl methyl sites for hydroxylation is 1. The predicted molar refractivity (Wildman–Crippen MR) is 115 cm³/mol. The Balaban J connectivity index is 0.000000485. The molecule has 30 heavy (non-hydrogen) atoms. The highest BCUT2D eigenvalue weighted by molar-refractivity contribution is 7.99. The zero-order valence-electron chi connectivity index (χ0n) is 17.4. The molecule has 0 aliphatic carbocycles. The number of rotatable bonds is 7. The van der Waals surface area contributed by atoms with Crippen molar-refractivity contribution in [1.29, 1.82) is 0 Å². The molecular weight excluding hydrogens is 408 g/mol. The van der Waals surface area contributed by atoms with Crippen LogP contribution in [0, 0.1) is 0 Å². The van der Waals surface area contributed by atoms with E-state index in [1.165, 1.54) is 0 Å². The lowest BCUT2D eigenvalue weighted by Gasteiger charge is -2.22. The second-order valence-electron chi connectivity index (χ2n) is 6.44. The molecule has 166 valence electrons. The molecule has 2 aromatic heterocycles. The summed E-state index contributed by atoms with van der Waals surface area (Å²) in [5, 5.41) is 28.1. The van der Waals surface area contributed by atoms with Crippen LogP contribution in [0.15, 0.2) is 30.2 Å². The minimum absolute atomic E-state index is 0.508. The summed E-state index contributed by atoms with van der Waals surface area (Å²) in [6, 6.07) is 0. The van der Waals surface area contributed by atoms with Gasteiger partial charge in [-0.05, 0) is 25.9 Å². The molecule has 1 fully saturated rings. The number of thioether (sulfide) groups is 1. The van der Waals surface area contributed by atoms with Gasteiger partial charge in [-0.2, -0.15) is 0 Å². The molecule has 3 heterocycles. The average Bonchev–Trinajstić information content (AvgIpc) is 3.33. The summed E-state index contributed by atoms with van der Waals surface area (Å²) in [7, 11) is 0. The molecule has 0 saturated carbocycles. The van der Waals surface area contributed by atoms with E-state index in [0.29, 0.717) is 5.92 Å². The number of nitrogens with zero attached hydrogens (tertiary/aromatic N) is 4. The SMILES string of the molecule is C=CCn1c(SCCc2ncc[nH]2)nnc1C1CCNCC1.CC(=O)O.CC(=O)O. The first-order valence-corrected chi connectivity index (χ1v) is 10.6. The number of allylic oxidation sites excluding steroid dienone is 1. The first-order valence-electron chi connectivity index (χ1n) is 9.60. The third-order valence-electron chi connectivity index (χ3n) is 3.89. The summed E-state index contributed by atoms with van der Waals surface area (Å²) in [6.07, 6.45) is 8.73. The third kappa shape index (κ3) is 10.2. The zero-order chi connectivity index (χ0) is 22.4. The average molecular weight is 439 g/mol. The normalized spacial score (nSPS) is 13.4. The maximum Gasteiger partial charge on any atom is 0.300 e. The fourth-order valence-electron chi connectivity index (χ4n) is 2.76. The molecule has 0 atom stereocenters. The fraction of sp³-hybridized carbons (Fsp3) is 0.526. The number of hydrogen-bond donors (Lipinski definition) is 4. The molecule has 0 unspecified atom stereocenters. The van der Waals surface area contributed by atoms with Gasteiger partial charge in [0.2, 0.25) is 0 Å². The van der Waals surface area contributed by atoms with Crippen LogP contribution in [0.4, 0.5) is 0 Å². The molecule has 2 aromatic rings. The van der Waals surface area contributed by atoms with Gasteiger partial charge in [0.15, 0.2) is 5.16 Å². The minimum Gasteiger partial charge on any atom is -0.481 e. The van der Waals surface area contributed by atoms with E-state index in [9.17, 15) is 0 Å². The van der Waals surface area contributed by atoms with E-state index in [-0.39, 0.29) is 0 Å². The van der Waals surface area contributed by atoms with Gasteiger partial charge in [0, 0.05) is 50.9 Å². The van der Waals surface area contributed by atoms with Crippen LogP contribution in [-0.2, 0) is 22.6 Å². The van der Waals surface area contributed by atoms with E-state index in [1.54, 1.807) is 18.0 Å². The van der Waals surface area contributed by atoms with Gasteiger partial charge in [-0.15, -0.1) is 16.8 Å². The molecule has 1 saturated heterocycles. The standard InChI is InChI=1S/C15H22N6S.2C2H4O2/c1-2-10-21-14(12-3-6-16-7-4-12)19-20-15(21)22-11-5-13-17-8-9-18-13;2*1-2(3)4/h2,8-9,12,16H,1,3-7,10-11H2,(H,17,18);2*1H3,(H,3,4). The molecule has 0 radical (unpaired) electrons. The third-order valence-corrected chi connectivity index (χ3v) is 4.85. The monoisotopic (exact) mass is 438 g/mol. The molecule has 1 aliphatic heterocycles.